The molecular formula is C21H15N3O2S. The molecule has 4 aromatic rings. The van der Waals surface area contributed by atoms with Crippen LogP contribution in [-0.2, 0) is 10.0 Å². The molecule has 0 aliphatic heterocycles. The molecule has 0 atom stereocenters. The van der Waals surface area contributed by atoms with E-state index < -0.39 is 10.0 Å². The summed E-state index contributed by atoms with van der Waals surface area (Å²) in [5.74, 6) is 0. The third kappa shape index (κ3) is 2.88. The number of rotatable bonds is 3. The average molecular weight is 373 g/mol. The number of hydrogen-bond acceptors (Lipinski definition) is 4. The highest BCUT2D eigenvalue weighted by molar-refractivity contribution is 7.90. The van der Waals surface area contributed by atoms with Gasteiger partial charge in [0, 0.05) is 23.3 Å². The fourth-order valence-electron chi connectivity index (χ4n) is 3.02. The van der Waals surface area contributed by atoms with Gasteiger partial charge in [-0.1, -0.05) is 29.8 Å². The van der Waals surface area contributed by atoms with Gasteiger partial charge in [0.15, 0.2) is 0 Å². The SMILES string of the molecule is Cc1ccc(S(=O)(=O)n2ccc3c(-c4ccc(C#N)cc4)cncc32)cc1. The molecule has 27 heavy (non-hydrogen) atoms. The average Bonchev–Trinajstić information content (AvgIpc) is 3.13. The minimum Gasteiger partial charge on any atom is -0.262 e. The second kappa shape index (κ2) is 6.38. The Bertz CT molecular complexity index is 1280. The van der Waals surface area contributed by atoms with Gasteiger partial charge in [-0.3, -0.25) is 4.98 Å². The molecule has 0 aliphatic carbocycles. The van der Waals surface area contributed by atoms with Crippen LogP contribution in [0.5, 0.6) is 0 Å². The van der Waals surface area contributed by atoms with Crippen LogP contribution in [-0.4, -0.2) is 17.4 Å². The maximum atomic E-state index is 13.1. The van der Waals surface area contributed by atoms with Crippen molar-refractivity contribution >= 4 is 20.9 Å². The van der Waals surface area contributed by atoms with E-state index in [0.29, 0.717) is 11.1 Å². The summed E-state index contributed by atoms with van der Waals surface area (Å²) in [5, 5.41) is 9.74. The zero-order valence-electron chi connectivity index (χ0n) is 14.5. The highest BCUT2D eigenvalue weighted by Crippen LogP contribution is 2.30. The van der Waals surface area contributed by atoms with Crippen molar-refractivity contribution in [1.82, 2.24) is 8.96 Å². The molecule has 5 nitrogen and oxygen atoms in total. The summed E-state index contributed by atoms with van der Waals surface area (Å²) in [7, 11) is -3.72. The normalized spacial score (nSPS) is 11.4. The molecule has 0 radical (unpaired) electrons. The molecule has 0 saturated carbocycles. The van der Waals surface area contributed by atoms with Gasteiger partial charge in [0.05, 0.1) is 28.2 Å². The molecule has 2 heterocycles. The van der Waals surface area contributed by atoms with E-state index in [1.165, 1.54) is 3.97 Å². The lowest BCUT2D eigenvalue weighted by Gasteiger charge is -2.09. The Labute approximate surface area is 157 Å². The van der Waals surface area contributed by atoms with Crippen molar-refractivity contribution in [3.05, 3.63) is 84.3 Å². The number of hydrogen-bond donors (Lipinski definition) is 0. The fourth-order valence-corrected chi connectivity index (χ4v) is 4.35. The lowest BCUT2D eigenvalue weighted by atomic mass is 10.0. The molecule has 4 rings (SSSR count). The van der Waals surface area contributed by atoms with Gasteiger partial charge in [-0.15, -0.1) is 0 Å². The van der Waals surface area contributed by atoms with E-state index in [9.17, 15) is 8.42 Å². The predicted octanol–water partition coefficient (Wildman–Crippen LogP) is 4.12. The molecule has 0 bridgehead atoms. The van der Waals surface area contributed by atoms with E-state index >= 15 is 0 Å². The van der Waals surface area contributed by atoms with Gasteiger partial charge in [-0.25, -0.2) is 12.4 Å². The van der Waals surface area contributed by atoms with Gasteiger partial charge >= 0.3 is 0 Å². The first-order valence-corrected chi connectivity index (χ1v) is 9.72. The monoisotopic (exact) mass is 373 g/mol. The summed E-state index contributed by atoms with van der Waals surface area (Å²) in [6.45, 7) is 1.91. The number of nitrogens with zero attached hydrogens (tertiary/aromatic N) is 3. The summed E-state index contributed by atoms with van der Waals surface area (Å²) >= 11 is 0. The Hall–Kier alpha value is -3.43. The Kier molecular flexibility index (Phi) is 4.02. The van der Waals surface area contributed by atoms with Crippen LogP contribution in [0.25, 0.3) is 22.0 Å². The Morgan fingerprint density at radius 2 is 1.67 bits per heavy atom. The topological polar surface area (TPSA) is 75.8 Å². The first kappa shape index (κ1) is 17.0. The minimum atomic E-state index is -3.72. The van der Waals surface area contributed by atoms with E-state index in [1.54, 1.807) is 61.1 Å². The standard InChI is InChI=1S/C21H15N3O2S/c1-15-2-8-18(9-3-15)27(25,26)24-11-10-19-20(13-23-14-21(19)24)17-6-4-16(12-22)5-7-17/h2-11,13-14H,1H3. The zero-order chi connectivity index (χ0) is 19.0. The van der Waals surface area contributed by atoms with Crippen LogP contribution in [0.3, 0.4) is 0 Å². The van der Waals surface area contributed by atoms with Crippen molar-refractivity contribution in [3.8, 4) is 17.2 Å². The van der Waals surface area contributed by atoms with Crippen LogP contribution in [0.15, 0.2) is 78.1 Å². The molecule has 0 spiro atoms. The predicted molar refractivity (Wildman–Crippen MR) is 104 cm³/mol. The zero-order valence-corrected chi connectivity index (χ0v) is 15.3. The molecule has 2 aromatic heterocycles. The van der Waals surface area contributed by atoms with Crippen LogP contribution < -0.4 is 0 Å². The Balaban J connectivity index is 1.87. The highest BCUT2D eigenvalue weighted by Gasteiger charge is 2.20. The summed E-state index contributed by atoms with van der Waals surface area (Å²) in [4.78, 5) is 4.47. The van der Waals surface area contributed by atoms with Gasteiger partial charge < -0.3 is 0 Å². The Morgan fingerprint density at radius 3 is 2.33 bits per heavy atom. The first-order chi connectivity index (χ1) is 13.0. The third-order valence-electron chi connectivity index (χ3n) is 4.48. The van der Waals surface area contributed by atoms with E-state index in [0.717, 1.165) is 22.1 Å². The summed E-state index contributed by atoms with van der Waals surface area (Å²) < 4.78 is 27.4. The summed E-state index contributed by atoms with van der Waals surface area (Å²) in [6.07, 6.45) is 4.80. The summed E-state index contributed by atoms with van der Waals surface area (Å²) in [6, 6.07) is 17.8. The van der Waals surface area contributed by atoms with Crippen molar-refractivity contribution in [3.63, 3.8) is 0 Å². The smallest absolute Gasteiger partial charge is 0.262 e. The molecular weight excluding hydrogens is 358 g/mol. The van der Waals surface area contributed by atoms with Crippen molar-refractivity contribution < 1.29 is 8.42 Å². The quantitative estimate of drug-likeness (QED) is 0.541. The maximum Gasteiger partial charge on any atom is 0.268 e. The van der Waals surface area contributed by atoms with Gasteiger partial charge in [-0.05, 0) is 42.8 Å². The number of fused-ring (bicyclic) bond motifs is 1. The molecule has 0 fully saturated rings. The third-order valence-corrected chi connectivity index (χ3v) is 6.19. The van der Waals surface area contributed by atoms with Crippen molar-refractivity contribution in [1.29, 1.82) is 5.26 Å². The van der Waals surface area contributed by atoms with Crippen LogP contribution >= 0.6 is 0 Å². The second-order valence-electron chi connectivity index (χ2n) is 6.24. The van der Waals surface area contributed by atoms with E-state index in [1.807, 2.05) is 19.1 Å². The van der Waals surface area contributed by atoms with Crippen molar-refractivity contribution in [2.24, 2.45) is 0 Å². The molecule has 132 valence electrons. The number of aryl methyl sites for hydroxylation is 1. The second-order valence-corrected chi connectivity index (χ2v) is 8.05. The minimum absolute atomic E-state index is 0.231. The molecule has 6 heteroatoms. The highest BCUT2D eigenvalue weighted by atomic mass is 32.2. The molecule has 0 amide bonds. The van der Waals surface area contributed by atoms with Crippen LogP contribution in [0, 0.1) is 18.3 Å². The lowest BCUT2D eigenvalue weighted by molar-refractivity contribution is 0.589. The molecule has 2 aromatic carbocycles. The molecule has 0 N–H and O–H groups in total. The van der Waals surface area contributed by atoms with Gasteiger partial charge in [-0.2, -0.15) is 5.26 Å². The van der Waals surface area contributed by atoms with Crippen LogP contribution in [0.4, 0.5) is 0 Å². The number of nitriles is 1. The fraction of sp³-hybridized carbons (Fsp3) is 0.0476. The van der Waals surface area contributed by atoms with Gasteiger partial charge in [0.2, 0.25) is 0 Å². The van der Waals surface area contributed by atoms with E-state index in [4.69, 9.17) is 5.26 Å². The molecule has 0 saturated heterocycles. The number of benzene rings is 2. The largest absolute Gasteiger partial charge is 0.268 e. The van der Waals surface area contributed by atoms with Gasteiger partial charge in [0.25, 0.3) is 10.0 Å². The lowest BCUT2D eigenvalue weighted by Crippen LogP contribution is -2.11. The first-order valence-electron chi connectivity index (χ1n) is 8.28. The van der Waals surface area contributed by atoms with E-state index in [2.05, 4.69) is 11.1 Å². The Morgan fingerprint density at radius 1 is 0.963 bits per heavy atom. The van der Waals surface area contributed by atoms with Crippen molar-refractivity contribution in [2.75, 3.05) is 0 Å². The van der Waals surface area contributed by atoms with E-state index in [-0.39, 0.29) is 4.90 Å². The molecule has 0 unspecified atom stereocenters. The summed E-state index contributed by atoms with van der Waals surface area (Å²) in [5.41, 5.74) is 3.76. The van der Waals surface area contributed by atoms with Crippen molar-refractivity contribution in [2.45, 2.75) is 11.8 Å². The van der Waals surface area contributed by atoms with Crippen LogP contribution in [0.2, 0.25) is 0 Å². The molecule has 0 aliphatic rings. The number of pyridine rings is 1. The van der Waals surface area contributed by atoms with Gasteiger partial charge in [0.1, 0.15) is 0 Å². The number of aromatic nitrogens is 2. The maximum absolute atomic E-state index is 13.1. The van der Waals surface area contributed by atoms with Crippen LogP contribution in [0.1, 0.15) is 11.1 Å².